The normalized spacial score (nSPS) is 22.8. The topological polar surface area (TPSA) is 83.7 Å². The van der Waals surface area contributed by atoms with E-state index < -0.39 is 10.0 Å². The van der Waals surface area contributed by atoms with Crippen LogP contribution in [0.1, 0.15) is 48.9 Å². The van der Waals surface area contributed by atoms with Crippen LogP contribution in [0, 0.1) is 5.92 Å². The fourth-order valence-corrected chi connectivity index (χ4v) is 5.35. The molecule has 0 radical (unpaired) electrons. The number of nitrogens with zero attached hydrogens (tertiary/aromatic N) is 2. The Labute approximate surface area is 156 Å². The maximum absolute atomic E-state index is 13.0. The minimum absolute atomic E-state index is 0.106. The van der Waals surface area contributed by atoms with Crippen LogP contribution in [0.4, 0.5) is 0 Å². The van der Waals surface area contributed by atoms with Gasteiger partial charge in [0.2, 0.25) is 10.0 Å². The van der Waals surface area contributed by atoms with Crippen LogP contribution in [0.25, 0.3) is 0 Å². The van der Waals surface area contributed by atoms with Crippen molar-refractivity contribution in [2.75, 3.05) is 32.7 Å². The molecule has 6 nitrogen and oxygen atoms in total. The molecule has 2 aliphatic heterocycles. The number of nitrogens with two attached hydrogens (primary N) is 1. The first-order valence-corrected chi connectivity index (χ1v) is 11.1. The number of rotatable bonds is 4. The van der Waals surface area contributed by atoms with Gasteiger partial charge in [0.25, 0.3) is 5.91 Å². The zero-order valence-electron chi connectivity index (χ0n) is 15.3. The highest BCUT2D eigenvalue weighted by Gasteiger charge is 2.28. The first-order valence-electron chi connectivity index (χ1n) is 9.62. The van der Waals surface area contributed by atoms with Gasteiger partial charge in [0, 0.05) is 31.7 Å². The molecule has 3 rings (SSSR count). The summed E-state index contributed by atoms with van der Waals surface area (Å²) in [5.74, 6) is 0.234. The van der Waals surface area contributed by atoms with Crippen LogP contribution in [0.5, 0.6) is 0 Å². The molecule has 1 atom stereocenters. The van der Waals surface area contributed by atoms with Crippen LogP contribution in [-0.4, -0.2) is 56.3 Å². The maximum atomic E-state index is 13.0. The first-order chi connectivity index (χ1) is 12.5. The van der Waals surface area contributed by atoms with Gasteiger partial charge in [0.1, 0.15) is 0 Å². The number of carbonyl (C=O) groups is 1. The molecule has 26 heavy (non-hydrogen) atoms. The molecule has 0 bridgehead atoms. The van der Waals surface area contributed by atoms with Gasteiger partial charge in [0.15, 0.2) is 0 Å². The number of hydrogen-bond donors (Lipinski definition) is 1. The fourth-order valence-electron chi connectivity index (χ4n) is 3.79. The van der Waals surface area contributed by atoms with Gasteiger partial charge in [-0.05, 0) is 49.9 Å². The quantitative estimate of drug-likeness (QED) is 0.868. The highest BCUT2D eigenvalue weighted by Crippen LogP contribution is 2.23. The third-order valence-electron chi connectivity index (χ3n) is 5.44. The molecule has 2 heterocycles. The molecular formula is C19H29N3O3S. The predicted octanol–water partition coefficient (Wildman–Crippen LogP) is 2.06. The summed E-state index contributed by atoms with van der Waals surface area (Å²) in [7, 11) is -3.55. The van der Waals surface area contributed by atoms with E-state index >= 15 is 0 Å². The van der Waals surface area contributed by atoms with Gasteiger partial charge < -0.3 is 10.6 Å². The van der Waals surface area contributed by atoms with Crippen molar-refractivity contribution >= 4 is 15.9 Å². The van der Waals surface area contributed by atoms with Crippen molar-refractivity contribution in [2.45, 2.75) is 43.4 Å². The Hall–Kier alpha value is -1.44. The van der Waals surface area contributed by atoms with Gasteiger partial charge in [-0.2, -0.15) is 4.31 Å². The second kappa shape index (κ2) is 8.50. The van der Waals surface area contributed by atoms with Crippen molar-refractivity contribution in [2.24, 2.45) is 11.7 Å². The molecule has 0 aliphatic carbocycles. The van der Waals surface area contributed by atoms with Crippen molar-refractivity contribution in [3.8, 4) is 0 Å². The molecule has 1 amide bonds. The monoisotopic (exact) mass is 379 g/mol. The number of likely N-dealkylation sites (tertiary alicyclic amines) is 1. The lowest BCUT2D eigenvalue weighted by atomic mass is 10.1. The van der Waals surface area contributed by atoms with Crippen LogP contribution in [0.2, 0.25) is 0 Å². The lowest BCUT2D eigenvalue weighted by molar-refractivity contribution is 0.0787. The first kappa shape index (κ1) is 19.3. The van der Waals surface area contributed by atoms with Gasteiger partial charge in [-0.15, -0.1) is 0 Å². The zero-order valence-corrected chi connectivity index (χ0v) is 16.1. The smallest absolute Gasteiger partial charge is 0.253 e. The van der Waals surface area contributed by atoms with E-state index in [1.165, 1.54) is 12.5 Å². The predicted molar refractivity (Wildman–Crippen MR) is 101 cm³/mol. The van der Waals surface area contributed by atoms with E-state index in [2.05, 4.69) is 0 Å². The Morgan fingerprint density at radius 2 is 1.77 bits per heavy atom. The van der Waals surface area contributed by atoms with E-state index in [-0.39, 0.29) is 10.8 Å². The number of amides is 1. The van der Waals surface area contributed by atoms with E-state index in [0.29, 0.717) is 44.2 Å². The second-order valence-electron chi connectivity index (χ2n) is 7.34. The molecule has 0 saturated carbocycles. The Morgan fingerprint density at radius 3 is 2.42 bits per heavy atom. The van der Waals surface area contributed by atoms with Gasteiger partial charge >= 0.3 is 0 Å². The molecule has 0 aromatic heterocycles. The summed E-state index contributed by atoms with van der Waals surface area (Å²) in [6.07, 6.45) is 6.02. The van der Waals surface area contributed by atoms with E-state index in [4.69, 9.17) is 5.73 Å². The fraction of sp³-hybridized carbons (Fsp3) is 0.632. The summed E-state index contributed by atoms with van der Waals surface area (Å²) in [5.41, 5.74) is 6.14. The molecule has 0 spiro atoms. The maximum Gasteiger partial charge on any atom is 0.253 e. The van der Waals surface area contributed by atoms with Crippen molar-refractivity contribution in [3.05, 3.63) is 29.8 Å². The minimum Gasteiger partial charge on any atom is -0.338 e. The SMILES string of the molecule is NC[C@@H]1CCN(C(=O)c2cccc(S(=O)(=O)N3CCCCCCC3)c2)C1. The molecule has 1 aromatic carbocycles. The van der Waals surface area contributed by atoms with Crippen molar-refractivity contribution in [1.82, 2.24) is 9.21 Å². The van der Waals surface area contributed by atoms with E-state index in [1.807, 2.05) is 0 Å². The molecule has 7 heteroatoms. The average Bonchev–Trinajstić information content (AvgIpc) is 3.10. The zero-order chi connectivity index (χ0) is 18.6. The van der Waals surface area contributed by atoms with Gasteiger partial charge in [-0.25, -0.2) is 8.42 Å². The molecule has 2 aliphatic rings. The minimum atomic E-state index is -3.55. The van der Waals surface area contributed by atoms with Crippen LogP contribution in [0.3, 0.4) is 0 Å². The Balaban J connectivity index is 1.78. The molecule has 0 unspecified atom stereocenters. The van der Waals surface area contributed by atoms with Crippen molar-refractivity contribution in [1.29, 1.82) is 0 Å². The Morgan fingerprint density at radius 1 is 1.08 bits per heavy atom. The highest BCUT2D eigenvalue weighted by molar-refractivity contribution is 7.89. The number of carbonyl (C=O) groups excluding carboxylic acids is 1. The summed E-state index contributed by atoms with van der Waals surface area (Å²) in [6.45, 7) is 3.03. The molecule has 2 fully saturated rings. The number of hydrogen-bond acceptors (Lipinski definition) is 4. The van der Waals surface area contributed by atoms with E-state index in [9.17, 15) is 13.2 Å². The third-order valence-corrected chi connectivity index (χ3v) is 7.33. The lowest BCUT2D eigenvalue weighted by Gasteiger charge is -2.24. The van der Waals surface area contributed by atoms with E-state index in [1.54, 1.807) is 27.4 Å². The summed E-state index contributed by atoms with van der Waals surface area (Å²) < 4.78 is 27.6. The van der Waals surface area contributed by atoms with Crippen LogP contribution >= 0.6 is 0 Å². The molecule has 2 N–H and O–H groups in total. The Bertz CT molecular complexity index is 727. The molecular weight excluding hydrogens is 350 g/mol. The molecule has 2 saturated heterocycles. The summed E-state index contributed by atoms with van der Waals surface area (Å²) in [4.78, 5) is 14.7. The van der Waals surface area contributed by atoms with Crippen molar-refractivity contribution in [3.63, 3.8) is 0 Å². The van der Waals surface area contributed by atoms with Crippen LogP contribution < -0.4 is 5.73 Å². The highest BCUT2D eigenvalue weighted by atomic mass is 32.2. The lowest BCUT2D eigenvalue weighted by Crippen LogP contribution is -2.34. The van der Waals surface area contributed by atoms with Gasteiger partial charge in [-0.1, -0.05) is 25.3 Å². The average molecular weight is 380 g/mol. The number of sulfonamides is 1. The van der Waals surface area contributed by atoms with Crippen molar-refractivity contribution < 1.29 is 13.2 Å². The number of benzene rings is 1. The summed E-state index contributed by atoms with van der Waals surface area (Å²) >= 11 is 0. The second-order valence-corrected chi connectivity index (χ2v) is 9.28. The largest absolute Gasteiger partial charge is 0.338 e. The molecule has 144 valence electrons. The van der Waals surface area contributed by atoms with Crippen LogP contribution in [0.15, 0.2) is 29.2 Å². The third kappa shape index (κ3) is 4.27. The Kier molecular flexibility index (Phi) is 6.32. The summed E-state index contributed by atoms with van der Waals surface area (Å²) in [6, 6.07) is 6.50. The van der Waals surface area contributed by atoms with E-state index in [0.717, 1.165) is 32.1 Å². The summed E-state index contributed by atoms with van der Waals surface area (Å²) in [5, 5.41) is 0. The van der Waals surface area contributed by atoms with Gasteiger partial charge in [0.05, 0.1) is 4.90 Å². The van der Waals surface area contributed by atoms with Crippen LogP contribution in [-0.2, 0) is 10.0 Å². The molecule has 1 aromatic rings. The standard InChI is InChI=1S/C19H29N3O3S/c20-14-16-9-12-21(15-16)19(23)17-7-6-8-18(13-17)26(24,25)22-10-4-2-1-3-5-11-22/h6-8,13,16H,1-5,9-12,14-15,20H2/t16-/m0/s1. The van der Waals surface area contributed by atoms with Gasteiger partial charge in [-0.3, -0.25) is 4.79 Å².